The molecule has 0 radical (unpaired) electrons. The van der Waals surface area contributed by atoms with E-state index in [4.69, 9.17) is 5.73 Å². The largest absolute Gasteiger partial charge is 0.396 e. The Hall–Kier alpha value is -2.30. The summed E-state index contributed by atoms with van der Waals surface area (Å²) in [5.74, 6) is -3.59. The maximum absolute atomic E-state index is 13.2. The molecular formula is C13H8F3NO. The molecule has 2 N–H and O–H groups in total. The zero-order valence-electron chi connectivity index (χ0n) is 9.08. The predicted molar refractivity (Wildman–Crippen MR) is 60.6 cm³/mol. The standard InChI is InChI=1S/C13H8F3NO/c14-9-5-4-7(6-11(9)16)13(18)8-2-1-3-10(15)12(8)17/h1-6H,17H2. The zero-order valence-corrected chi connectivity index (χ0v) is 9.08. The van der Waals surface area contributed by atoms with Gasteiger partial charge >= 0.3 is 0 Å². The minimum absolute atomic E-state index is 0.0824. The van der Waals surface area contributed by atoms with Crippen molar-refractivity contribution >= 4 is 11.5 Å². The van der Waals surface area contributed by atoms with Gasteiger partial charge in [0.25, 0.3) is 0 Å². The molecule has 0 bridgehead atoms. The molecule has 2 aromatic carbocycles. The van der Waals surface area contributed by atoms with Gasteiger partial charge in [0.15, 0.2) is 17.4 Å². The number of carbonyl (C=O) groups excluding carboxylic acids is 1. The van der Waals surface area contributed by atoms with E-state index in [0.29, 0.717) is 0 Å². The molecule has 0 saturated carbocycles. The monoisotopic (exact) mass is 251 g/mol. The fourth-order valence-corrected chi connectivity index (χ4v) is 1.53. The third-order valence-electron chi connectivity index (χ3n) is 2.48. The van der Waals surface area contributed by atoms with Crippen molar-refractivity contribution in [2.75, 3.05) is 5.73 Å². The van der Waals surface area contributed by atoms with E-state index in [1.54, 1.807) is 0 Å². The van der Waals surface area contributed by atoms with Crippen LogP contribution in [-0.4, -0.2) is 5.78 Å². The normalized spacial score (nSPS) is 10.4. The molecule has 0 atom stereocenters. The van der Waals surface area contributed by atoms with Crippen molar-refractivity contribution in [3.05, 3.63) is 65.0 Å². The molecule has 0 heterocycles. The molecule has 0 unspecified atom stereocenters. The lowest BCUT2D eigenvalue weighted by atomic mass is 10.0. The van der Waals surface area contributed by atoms with Crippen LogP contribution in [0.5, 0.6) is 0 Å². The third kappa shape index (κ3) is 2.07. The highest BCUT2D eigenvalue weighted by Crippen LogP contribution is 2.20. The molecule has 2 aromatic rings. The SMILES string of the molecule is Nc1c(F)cccc1C(=O)c1ccc(F)c(F)c1. The van der Waals surface area contributed by atoms with Crippen molar-refractivity contribution in [3.8, 4) is 0 Å². The van der Waals surface area contributed by atoms with E-state index >= 15 is 0 Å². The van der Waals surface area contributed by atoms with Crippen LogP contribution in [0.1, 0.15) is 15.9 Å². The molecule has 0 spiro atoms. The van der Waals surface area contributed by atoms with Gasteiger partial charge in [0, 0.05) is 11.1 Å². The van der Waals surface area contributed by atoms with Gasteiger partial charge in [-0.15, -0.1) is 0 Å². The van der Waals surface area contributed by atoms with Gasteiger partial charge in [-0.3, -0.25) is 4.79 Å². The molecule has 2 rings (SSSR count). The van der Waals surface area contributed by atoms with Crippen LogP contribution < -0.4 is 5.73 Å². The number of benzene rings is 2. The Kier molecular flexibility index (Phi) is 3.06. The second kappa shape index (κ2) is 4.52. The maximum Gasteiger partial charge on any atom is 0.195 e. The molecular weight excluding hydrogens is 243 g/mol. The lowest BCUT2D eigenvalue weighted by Gasteiger charge is -2.05. The van der Waals surface area contributed by atoms with E-state index in [-0.39, 0.29) is 16.8 Å². The summed E-state index contributed by atoms with van der Waals surface area (Å²) in [5.41, 5.74) is 4.94. The highest BCUT2D eigenvalue weighted by Gasteiger charge is 2.16. The molecule has 5 heteroatoms. The number of nitrogen functional groups attached to an aromatic ring is 1. The Morgan fingerprint density at radius 1 is 0.944 bits per heavy atom. The average Bonchev–Trinajstić information content (AvgIpc) is 2.35. The summed E-state index contributed by atoms with van der Waals surface area (Å²) >= 11 is 0. The first-order valence-electron chi connectivity index (χ1n) is 5.04. The Morgan fingerprint density at radius 2 is 1.67 bits per heavy atom. The van der Waals surface area contributed by atoms with Gasteiger partial charge in [-0.05, 0) is 30.3 Å². The Balaban J connectivity index is 2.48. The van der Waals surface area contributed by atoms with Crippen LogP contribution in [0, 0.1) is 17.5 Å². The van der Waals surface area contributed by atoms with Crippen LogP contribution in [0.25, 0.3) is 0 Å². The molecule has 0 fully saturated rings. The minimum Gasteiger partial charge on any atom is -0.396 e. The number of carbonyl (C=O) groups is 1. The quantitative estimate of drug-likeness (QED) is 0.658. The van der Waals surface area contributed by atoms with Gasteiger partial charge in [0.2, 0.25) is 0 Å². The Bertz CT molecular complexity index is 626. The van der Waals surface area contributed by atoms with Crippen LogP contribution in [0.3, 0.4) is 0 Å². The average molecular weight is 251 g/mol. The number of para-hydroxylation sites is 1. The summed E-state index contributed by atoms with van der Waals surface area (Å²) in [6.07, 6.45) is 0. The number of halogens is 3. The van der Waals surface area contributed by atoms with Gasteiger partial charge < -0.3 is 5.73 Å². The van der Waals surface area contributed by atoms with Crippen molar-refractivity contribution in [2.24, 2.45) is 0 Å². The molecule has 0 aliphatic carbocycles. The van der Waals surface area contributed by atoms with E-state index in [1.165, 1.54) is 12.1 Å². The van der Waals surface area contributed by atoms with Crippen molar-refractivity contribution in [1.82, 2.24) is 0 Å². The van der Waals surface area contributed by atoms with E-state index in [1.807, 2.05) is 0 Å². The van der Waals surface area contributed by atoms with Gasteiger partial charge in [-0.2, -0.15) is 0 Å². The van der Waals surface area contributed by atoms with E-state index < -0.39 is 23.2 Å². The molecule has 0 aromatic heterocycles. The van der Waals surface area contributed by atoms with Crippen molar-refractivity contribution in [1.29, 1.82) is 0 Å². The van der Waals surface area contributed by atoms with E-state index in [2.05, 4.69) is 0 Å². The van der Waals surface area contributed by atoms with Crippen LogP contribution in [0.4, 0.5) is 18.9 Å². The third-order valence-corrected chi connectivity index (χ3v) is 2.48. The highest BCUT2D eigenvalue weighted by molar-refractivity contribution is 6.12. The number of ketones is 1. The first-order chi connectivity index (χ1) is 8.50. The molecule has 2 nitrogen and oxygen atoms in total. The topological polar surface area (TPSA) is 43.1 Å². The van der Waals surface area contributed by atoms with Crippen LogP contribution >= 0.6 is 0 Å². The highest BCUT2D eigenvalue weighted by atomic mass is 19.2. The van der Waals surface area contributed by atoms with E-state index in [0.717, 1.165) is 24.3 Å². The van der Waals surface area contributed by atoms with Gasteiger partial charge in [0.05, 0.1) is 5.69 Å². The smallest absolute Gasteiger partial charge is 0.195 e. The summed E-state index contributed by atoms with van der Waals surface area (Å²) in [7, 11) is 0. The number of hydrogen-bond donors (Lipinski definition) is 1. The Labute approximate surface area is 101 Å². The number of hydrogen-bond acceptors (Lipinski definition) is 2. The molecule has 0 aliphatic heterocycles. The van der Waals surface area contributed by atoms with Crippen LogP contribution in [-0.2, 0) is 0 Å². The van der Waals surface area contributed by atoms with Crippen molar-refractivity contribution < 1.29 is 18.0 Å². The van der Waals surface area contributed by atoms with Crippen molar-refractivity contribution in [3.63, 3.8) is 0 Å². The second-order valence-electron chi connectivity index (χ2n) is 3.66. The lowest BCUT2D eigenvalue weighted by molar-refractivity contribution is 0.103. The second-order valence-corrected chi connectivity index (χ2v) is 3.66. The van der Waals surface area contributed by atoms with Crippen molar-refractivity contribution in [2.45, 2.75) is 0 Å². The summed E-state index contributed by atoms with van der Waals surface area (Å²) in [5, 5.41) is 0. The fourth-order valence-electron chi connectivity index (χ4n) is 1.53. The van der Waals surface area contributed by atoms with Gasteiger partial charge in [-0.1, -0.05) is 6.07 Å². The number of rotatable bonds is 2. The van der Waals surface area contributed by atoms with E-state index in [9.17, 15) is 18.0 Å². The summed E-state index contributed by atoms with van der Waals surface area (Å²) in [6.45, 7) is 0. The maximum atomic E-state index is 13.2. The van der Waals surface area contributed by atoms with Crippen LogP contribution in [0.2, 0.25) is 0 Å². The van der Waals surface area contributed by atoms with Gasteiger partial charge in [0.1, 0.15) is 5.82 Å². The predicted octanol–water partition coefficient (Wildman–Crippen LogP) is 2.92. The van der Waals surface area contributed by atoms with Gasteiger partial charge in [-0.25, -0.2) is 13.2 Å². The lowest BCUT2D eigenvalue weighted by Crippen LogP contribution is -2.07. The number of anilines is 1. The summed E-state index contributed by atoms with van der Waals surface area (Å²) in [4.78, 5) is 11.9. The molecule has 0 aliphatic rings. The molecule has 0 saturated heterocycles. The summed E-state index contributed by atoms with van der Waals surface area (Å²) < 4.78 is 38.9. The first-order valence-corrected chi connectivity index (χ1v) is 5.04. The molecule has 0 amide bonds. The summed E-state index contributed by atoms with van der Waals surface area (Å²) in [6, 6.07) is 6.45. The first kappa shape index (κ1) is 12.2. The van der Waals surface area contributed by atoms with Crippen LogP contribution in [0.15, 0.2) is 36.4 Å². The number of nitrogens with two attached hydrogens (primary N) is 1. The molecule has 92 valence electrons. The Morgan fingerprint density at radius 3 is 2.33 bits per heavy atom. The zero-order chi connectivity index (χ0) is 13.3. The fraction of sp³-hybridized carbons (Fsp3) is 0. The molecule has 18 heavy (non-hydrogen) atoms. The minimum atomic E-state index is -1.14.